The average Bonchev–Trinajstić information content (AvgIpc) is 3.38. The highest BCUT2D eigenvalue weighted by atomic mass is 16.6. The summed E-state index contributed by atoms with van der Waals surface area (Å²) in [6.07, 6.45) is 76.0. The fraction of sp³-hybridized carbons (Fsp3) is 0.833. The van der Waals surface area contributed by atoms with Crippen LogP contribution in [0.5, 0.6) is 0 Å². The molecule has 0 aliphatic rings. The van der Waals surface area contributed by atoms with Crippen molar-refractivity contribution < 1.29 is 28.6 Å². The van der Waals surface area contributed by atoms with Crippen molar-refractivity contribution in [3.63, 3.8) is 0 Å². The van der Waals surface area contributed by atoms with E-state index in [0.29, 0.717) is 19.3 Å². The second-order valence-corrected chi connectivity index (χ2v) is 21.3. The first kappa shape index (κ1) is 69.4. The molecule has 0 amide bonds. The second-order valence-electron chi connectivity index (χ2n) is 21.3. The number of allylic oxidation sites excluding steroid dienone is 8. The van der Waals surface area contributed by atoms with Gasteiger partial charge in [0.05, 0.1) is 0 Å². The molecule has 0 spiro atoms. The number of esters is 3. The summed E-state index contributed by atoms with van der Waals surface area (Å²) in [4.78, 5) is 38.0. The molecule has 0 saturated carbocycles. The fourth-order valence-corrected chi connectivity index (χ4v) is 9.40. The minimum atomic E-state index is -0.807. The number of ether oxygens (including phenoxy) is 3. The highest BCUT2D eigenvalue weighted by Crippen LogP contribution is 2.18. The van der Waals surface area contributed by atoms with Crippen LogP contribution >= 0.6 is 0 Å². The molecule has 0 heterocycles. The van der Waals surface area contributed by atoms with Gasteiger partial charge in [-0.1, -0.05) is 320 Å². The number of carbonyl (C=O) groups excluding carboxylic acids is 3. The third-order valence-corrected chi connectivity index (χ3v) is 14.1. The van der Waals surface area contributed by atoms with Crippen molar-refractivity contribution in [2.75, 3.05) is 13.2 Å². The van der Waals surface area contributed by atoms with Crippen molar-refractivity contribution in [3.05, 3.63) is 48.6 Å². The Morgan fingerprint density at radius 3 is 0.819 bits per heavy atom. The lowest BCUT2D eigenvalue weighted by molar-refractivity contribution is -0.166. The van der Waals surface area contributed by atoms with Crippen molar-refractivity contribution in [2.24, 2.45) is 0 Å². The molecule has 0 saturated heterocycles. The first-order valence-electron chi connectivity index (χ1n) is 31.6. The zero-order valence-electron chi connectivity index (χ0n) is 48.2. The summed E-state index contributed by atoms with van der Waals surface area (Å²) in [5.41, 5.74) is 0. The Hall–Kier alpha value is -2.63. The summed E-state index contributed by atoms with van der Waals surface area (Å²) in [7, 11) is 0. The van der Waals surface area contributed by atoms with Crippen molar-refractivity contribution in [1.29, 1.82) is 0 Å². The van der Waals surface area contributed by atoms with Crippen LogP contribution in [0.3, 0.4) is 0 Å². The van der Waals surface area contributed by atoms with Gasteiger partial charge in [-0.15, -0.1) is 0 Å². The van der Waals surface area contributed by atoms with Crippen molar-refractivity contribution in [2.45, 2.75) is 341 Å². The first-order valence-corrected chi connectivity index (χ1v) is 31.6. The molecule has 420 valence electrons. The molecule has 1 unspecified atom stereocenters. The minimum Gasteiger partial charge on any atom is -0.462 e. The highest BCUT2D eigenvalue weighted by molar-refractivity contribution is 5.71. The molecule has 0 aromatic heterocycles. The molecule has 0 fully saturated rings. The monoisotopic (exact) mass is 1010 g/mol. The standard InChI is InChI=1S/C66H120O6/c1-4-7-10-13-16-19-22-24-25-26-27-28-29-30-31-32-33-34-35-36-37-38-39-40-41-43-44-47-50-53-56-59-65(68)71-62-63(61-70-64(67)58-55-52-49-46-21-18-15-12-9-6-3)72-66(69)60-57-54-51-48-45-42-23-20-17-14-11-8-5-2/h8,11,17,20,42,45,51,54,63H,4-7,9-10,12-16,18-19,21-41,43-44,46-50,52-53,55-62H2,1-3H3/b11-8-,20-17-,45-42-,54-51-. The van der Waals surface area contributed by atoms with Crippen molar-refractivity contribution >= 4 is 17.9 Å². The maximum Gasteiger partial charge on any atom is 0.306 e. The number of rotatable bonds is 58. The highest BCUT2D eigenvalue weighted by Gasteiger charge is 2.19. The van der Waals surface area contributed by atoms with Crippen LogP contribution in [0.25, 0.3) is 0 Å². The Morgan fingerprint density at radius 1 is 0.292 bits per heavy atom. The number of unbranched alkanes of at least 4 members (excludes halogenated alkanes) is 39. The van der Waals surface area contributed by atoms with E-state index >= 15 is 0 Å². The largest absolute Gasteiger partial charge is 0.462 e. The van der Waals surface area contributed by atoms with Gasteiger partial charge >= 0.3 is 17.9 Å². The molecule has 72 heavy (non-hydrogen) atoms. The summed E-state index contributed by atoms with van der Waals surface area (Å²) >= 11 is 0. The minimum absolute atomic E-state index is 0.0975. The predicted octanol–water partition coefficient (Wildman–Crippen LogP) is 21.4. The van der Waals surface area contributed by atoms with Gasteiger partial charge in [0, 0.05) is 19.3 Å². The van der Waals surface area contributed by atoms with Crippen LogP contribution in [0.4, 0.5) is 0 Å². The van der Waals surface area contributed by atoms with Gasteiger partial charge in [-0.25, -0.2) is 0 Å². The van der Waals surface area contributed by atoms with Gasteiger partial charge in [0.15, 0.2) is 6.10 Å². The molecule has 0 aliphatic heterocycles. The van der Waals surface area contributed by atoms with Crippen LogP contribution in [-0.2, 0) is 28.6 Å². The molecular weight excluding hydrogens is 889 g/mol. The normalized spacial score (nSPS) is 12.3. The van der Waals surface area contributed by atoms with Gasteiger partial charge < -0.3 is 14.2 Å². The lowest BCUT2D eigenvalue weighted by Crippen LogP contribution is -2.30. The molecule has 0 N–H and O–H groups in total. The zero-order chi connectivity index (χ0) is 52.2. The van der Waals surface area contributed by atoms with Gasteiger partial charge in [0.2, 0.25) is 0 Å². The Balaban J connectivity index is 4.06. The molecule has 0 aliphatic carbocycles. The lowest BCUT2D eigenvalue weighted by Gasteiger charge is -2.18. The van der Waals surface area contributed by atoms with E-state index < -0.39 is 6.10 Å². The summed E-state index contributed by atoms with van der Waals surface area (Å²) < 4.78 is 16.8. The Morgan fingerprint density at radius 2 is 0.542 bits per heavy atom. The topological polar surface area (TPSA) is 78.9 Å². The third-order valence-electron chi connectivity index (χ3n) is 14.1. The molecule has 0 aromatic carbocycles. The first-order chi connectivity index (χ1) is 35.5. The van der Waals surface area contributed by atoms with Crippen molar-refractivity contribution in [1.82, 2.24) is 0 Å². The van der Waals surface area contributed by atoms with Crippen LogP contribution in [0, 0.1) is 0 Å². The maximum atomic E-state index is 12.8. The van der Waals surface area contributed by atoms with Gasteiger partial charge in [-0.2, -0.15) is 0 Å². The molecule has 1 atom stereocenters. The molecular formula is C66H120O6. The molecule has 6 heteroatoms. The average molecular weight is 1010 g/mol. The van der Waals surface area contributed by atoms with Crippen LogP contribution in [0.1, 0.15) is 335 Å². The number of hydrogen-bond donors (Lipinski definition) is 0. The summed E-state index contributed by atoms with van der Waals surface area (Å²) in [5, 5.41) is 0. The van der Waals surface area contributed by atoms with Crippen molar-refractivity contribution in [3.8, 4) is 0 Å². The summed E-state index contributed by atoms with van der Waals surface area (Å²) in [6.45, 7) is 6.49. The van der Waals surface area contributed by atoms with Crippen LogP contribution in [0.2, 0.25) is 0 Å². The molecule has 6 nitrogen and oxygen atoms in total. The summed E-state index contributed by atoms with van der Waals surface area (Å²) in [6, 6.07) is 0. The zero-order valence-corrected chi connectivity index (χ0v) is 48.2. The van der Waals surface area contributed by atoms with E-state index in [9.17, 15) is 14.4 Å². The van der Waals surface area contributed by atoms with E-state index in [0.717, 1.165) is 64.2 Å². The van der Waals surface area contributed by atoms with Gasteiger partial charge in [0.25, 0.3) is 0 Å². The van der Waals surface area contributed by atoms with Crippen LogP contribution in [-0.4, -0.2) is 37.2 Å². The lowest BCUT2D eigenvalue weighted by atomic mass is 10.0. The molecule has 0 aromatic rings. The Labute approximate surface area is 448 Å². The predicted molar refractivity (Wildman–Crippen MR) is 312 cm³/mol. The fourth-order valence-electron chi connectivity index (χ4n) is 9.40. The van der Waals surface area contributed by atoms with E-state index in [2.05, 4.69) is 63.3 Å². The molecule has 0 rings (SSSR count). The quantitative estimate of drug-likeness (QED) is 0.0261. The third kappa shape index (κ3) is 58.3. The Bertz CT molecular complexity index is 1250. The van der Waals surface area contributed by atoms with Gasteiger partial charge in [-0.3, -0.25) is 14.4 Å². The van der Waals surface area contributed by atoms with E-state index in [-0.39, 0.29) is 37.5 Å². The van der Waals surface area contributed by atoms with Crippen LogP contribution < -0.4 is 0 Å². The number of carbonyl (C=O) groups is 3. The molecule has 0 radical (unpaired) electrons. The second kappa shape index (κ2) is 60.9. The van der Waals surface area contributed by atoms with E-state index in [4.69, 9.17) is 14.2 Å². The maximum absolute atomic E-state index is 12.8. The van der Waals surface area contributed by atoms with E-state index in [1.807, 2.05) is 6.08 Å². The SMILES string of the molecule is CC/C=C\C/C=C\C/C=C\C/C=C\CCC(=O)OC(COC(=O)CCCCCCCCCCCC)COC(=O)CCCCCCCCCCCCCCCCCCCCCCCCCCCCCCCCC. The number of hydrogen-bond acceptors (Lipinski definition) is 6. The van der Waals surface area contributed by atoms with Crippen LogP contribution in [0.15, 0.2) is 48.6 Å². The summed E-state index contributed by atoms with van der Waals surface area (Å²) in [5.74, 6) is -0.966. The van der Waals surface area contributed by atoms with Gasteiger partial charge in [0.1, 0.15) is 13.2 Å². The van der Waals surface area contributed by atoms with E-state index in [1.165, 1.54) is 225 Å². The van der Waals surface area contributed by atoms with Gasteiger partial charge in [-0.05, 0) is 44.9 Å². The smallest absolute Gasteiger partial charge is 0.306 e. The Kier molecular flexibility index (Phi) is 58.7. The molecule has 0 bridgehead atoms. The van der Waals surface area contributed by atoms with E-state index in [1.54, 1.807) is 0 Å².